The number of esters is 1. The third-order valence-electron chi connectivity index (χ3n) is 2.66. The van der Waals surface area contributed by atoms with Gasteiger partial charge in [-0.2, -0.15) is 0 Å². The molecular weight excluding hydrogens is 188 g/mol. The highest BCUT2D eigenvalue weighted by Gasteiger charge is 2.08. The van der Waals surface area contributed by atoms with E-state index >= 15 is 0 Å². The molecule has 0 aromatic rings. The van der Waals surface area contributed by atoms with Crippen LogP contribution in [0.2, 0.25) is 0 Å². The first-order valence-electron chi connectivity index (χ1n) is 5.76. The Labute approximate surface area is 92.0 Å². The zero-order chi connectivity index (χ0) is 10.9. The molecule has 1 fully saturated rings. The lowest BCUT2D eigenvalue weighted by atomic mass is 9.89. The fourth-order valence-electron chi connectivity index (χ4n) is 1.85. The van der Waals surface area contributed by atoms with Crippen LogP contribution < -0.4 is 0 Å². The summed E-state index contributed by atoms with van der Waals surface area (Å²) in [6.45, 7) is 1.80. The molecule has 1 rings (SSSR count). The van der Waals surface area contributed by atoms with Gasteiger partial charge in [0.2, 0.25) is 0 Å². The van der Waals surface area contributed by atoms with Gasteiger partial charge in [0.15, 0.2) is 0 Å². The first-order valence-corrected chi connectivity index (χ1v) is 5.76. The van der Waals surface area contributed by atoms with Crippen LogP contribution in [0.25, 0.3) is 0 Å². The monoisotopic (exact) mass is 208 g/mol. The molecule has 84 valence electrons. The summed E-state index contributed by atoms with van der Waals surface area (Å²) < 4.78 is 4.77. The first kappa shape index (κ1) is 12.0. The number of rotatable bonds is 4. The summed E-state index contributed by atoms with van der Waals surface area (Å²) in [4.78, 5) is 10.4. The highest BCUT2D eigenvalue weighted by atomic mass is 16.5. The largest absolute Gasteiger partial charge is 0.462 e. The molecule has 2 nitrogen and oxygen atoms in total. The molecule has 0 N–H and O–H groups in total. The van der Waals surface area contributed by atoms with Crippen molar-refractivity contribution in [1.29, 1.82) is 0 Å². The van der Waals surface area contributed by atoms with Crippen LogP contribution in [0.5, 0.6) is 0 Å². The van der Waals surface area contributed by atoms with Gasteiger partial charge in [0.25, 0.3) is 0 Å². The highest BCUT2D eigenvalue weighted by molar-refractivity contribution is 5.65. The van der Waals surface area contributed by atoms with Gasteiger partial charge in [-0.05, 0) is 24.8 Å². The molecule has 1 aliphatic rings. The van der Waals surface area contributed by atoms with Crippen molar-refractivity contribution in [2.75, 3.05) is 6.61 Å². The molecule has 1 saturated carbocycles. The van der Waals surface area contributed by atoms with Gasteiger partial charge < -0.3 is 4.74 Å². The van der Waals surface area contributed by atoms with Gasteiger partial charge in [0.05, 0.1) is 0 Å². The van der Waals surface area contributed by atoms with Crippen molar-refractivity contribution in [2.24, 2.45) is 5.92 Å². The lowest BCUT2D eigenvalue weighted by molar-refractivity contribution is -0.139. The van der Waals surface area contributed by atoms with Crippen molar-refractivity contribution in [1.82, 2.24) is 0 Å². The molecule has 15 heavy (non-hydrogen) atoms. The Morgan fingerprint density at radius 1 is 1.27 bits per heavy atom. The molecule has 0 heterocycles. The number of carbonyl (C=O) groups excluding carboxylic acids is 1. The van der Waals surface area contributed by atoms with Crippen LogP contribution >= 0.6 is 0 Å². The summed E-state index contributed by atoms with van der Waals surface area (Å²) >= 11 is 0. The van der Waals surface area contributed by atoms with Crippen molar-refractivity contribution in [3.8, 4) is 0 Å². The van der Waals surface area contributed by atoms with E-state index in [0.29, 0.717) is 6.61 Å². The SMILES string of the molecule is CC(=O)OC/C=C/C=C/C1CCCCC1. The maximum atomic E-state index is 10.4. The number of allylic oxidation sites excluding steroid dienone is 3. The van der Waals surface area contributed by atoms with Gasteiger partial charge in [0, 0.05) is 6.92 Å². The Balaban J connectivity index is 2.11. The summed E-state index contributed by atoms with van der Waals surface area (Å²) in [5.41, 5.74) is 0. The number of ether oxygens (including phenoxy) is 1. The van der Waals surface area contributed by atoms with E-state index in [0.717, 1.165) is 5.92 Å². The fraction of sp³-hybridized carbons (Fsp3) is 0.615. The van der Waals surface area contributed by atoms with Gasteiger partial charge in [-0.25, -0.2) is 0 Å². The minimum absolute atomic E-state index is 0.226. The summed E-state index contributed by atoms with van der Waals surface area (Å²) in [5, 5.41) is 0. The molecule has 0 aliphatic heterocycles. The predicted octanol–water partition coefficient (Wildman–Crippen LogP) is 3.24. The van der Waals surface area contributed by atoms with Crippen LogP contribution in [0, 0.1) is 5.92 Å². The quantitative estimate of drug-likeness (QED) is 0.523. The highest BCUT2D eigenvalue weighted by Crippen LogP contribution is 2.24. The Bertz CT molecular complexity index is 235. The van der Waals surface area contributed by atoms with Gasteiger partial charge in [-0.1, -0.05) is 37.5 Å². The van der Waals surface area contributed by atoms with E-state index < -0.39 is 0 Å². The summed E-state index contributed by atoms with van der Waals surface area (Å²) in [6, 6.07) is 0. The van der Waals surface area contributed by atoms with Gasteiger partial charge in [0.1, 0.15) is 6.61 Å². The Hall–Kier alpha value is -1.05. The third kappa shape index (κ3) is 6.10. The Kier molecular flexibility index (Phi) is 5.83. The number of hydrogen-bond donors (Lipinski definition) is 0. The van der Waals surface area contributed by atoms with Crippen LogP contribution in [-0.2, 0) is 9.53 Å². The molecule has 0 atom stereocenters. The van der Waals surface area contributed by atoms with Crippen molar-refractivity contribution < 1.29 is 9.53 Å². The zero-order valence-corrected chi connectivity index (χ0v) is 9.45. The molecular formula is C13H20O2. The molecule has 0 radical (unpaired) electrons. The maximum absolute atomic E-state index is 10.4. The van der Waals surface area contributed by atoms with E-state index in [9.17, 15) is 4.79 Å². The van der Waals surface area contributed by atoms with E-state index in [1.54, 1.807) is 0 Å². The number of hydrogen-bond acceptors (Lipinski definition) is 2. The zero-order valence-electron chi connectivity index (χ0n) is 9.45. The van der Waals surface area contributed by atoms with E-state index in [2.05, 4.69) is 12.2 Å². The molecule has 0 spiro atoms. The van der Waals surface area contributed by atoms with Gasteiger partial charge >= 0.3 is 5.97 Å². The van der Waals surface area contributed by atoms with E-state index in [1.807, 2.05) is 12.2 Å². The topological polar surface area (TPSA) is 26.3 Å². The van der Waals surface area contributed by atoms with Crippen LogP contribution in [0.15, 0.2) is 24.3 Å². The van der Waals surface area contributed by atoms with Gasteiger partial charge in [-0.3, -0.25) is 4.79 Å². The average Bonchev–Trinajstić information content (AvgIpc) is 2.24. The van der Waals surface area contributed by atoms with Crippen molar-refractivity contribution in [2.45, 2.75) is 39.0 Å². The second-order valence-corrected chi connectivity index (χ2v) is 4.01. The summed E-state index contributed by atoms with van der Waals surface area (Å²) in [6.07, 6.45) is 14.9. The van der Waals surface area contributed by atoms with Crippen molar-refractivity contribution >= 4 is 5.97 Å². The second-order valence-electron chi connectivity index (χ2n) is 4.01. The molecule has 0 unspecified atom stereocenters. The fourth-order valence-corrected chi connectivity index (χ4v) is 1.85. The average molecular weight is 208 g/mol. The van der Waals surface area contributed by atoms with E-state index in [4.69, 9.17) is 4.74 Å². The molecule has 0 amide bonds. The lowest BCUT2D eigenvalue weighted by Gasteiger charge is -2.17. The Morgan fingerprint density at radius 2 is 2.00 bits per heavy atom. The predicted molar refractivity (Wildman–Crippen MR) is 61.5 cm³/mol. The van der Waals surface area contributed by atoms with Crippen LogP contribution in [0.1, 0.15) is 39.0 Å². The minimum Gasteiger partial charge on any atom is -0.462 e. The standard InChI is InChI=1S/C13H20O2/c1-12(14)15-11-7-3-6-10-13-8-4-2-5-9-13/h3,6-7,10,13H,2,4-5,8-9,11H2,1H3/b7-3+,10-6+. The normalized spacial score (nSPS) is 18.7. The molecule has 0 saturated heterocycles. The smallest absolute Gasteiger partial charge is 0.302 e. The maximum Gasteiger partial charge on any atom is 0.302 e. The molecule has 2 heteroatoms. The van der Waals surface area contributed by atoms with Crippen molar-refractivity contribution in [3.63, 3.8) is 0 Å². The third-order valence-corrected chi connectivity index (χ3v) is 2.66. The molecule has 0 bridgehead atoms. The first-order chi connectivity index (χ1) is 7.29. The number of carbonyl (C=O) groups is 1. The second kappa shape index (κ2) is 7.27. The molecule has 0 aromatic heterocycles. The van der Waals surface area contributed by atoms with Crippen molar-refractivity contribution in [3.05, 3.63) is 24.3 Å². The van der Waals surface area contributed by atoms with Crippen LogP contribution in [0.3, 0.4) is 0 Å². The molecule has 1 aliphatic carbocycles. The van der Waals surface area contributed by atoms with E-state index in [1.165, 1.54) is 39.0 Å². The van der Waals surface area contributed by atoms with Crippen LogP contribution in [-0.4, -0.2) is 12.6 Å². The summed E-state index contributed by atoms with van der Waals surface area (Å²) in [5.74, 6) is 0.535. The minimum atomic E-state index is -0.226. The Morgan fingerprint density at radius 3 is 2.67 bits per heavy atom. The van der Waals surface area contributed by atoms with E-state index in [-0.39, 0.29) is 5.97 Å². The lowest BCUT2D eigenvalue weighted by Crippen LogP contribution is -2.02. The molecule has 0 aromatic carbocycles. The van der Waals surface area contributed by atoms with Gasteiger partial charge in [-0.15, -0.1) is 0 Å². The van der Waals surface area contributed by atoms with Crippen LogP contribution in [0.4, 0.5) is 0 Å². The summed E-state index contributed by atoms with van der Waals surface area (Å²) in [7, 11) is 0.